The topological polar surface area (TPSA) is 77.0 Å². The van der Waals surface area contributed by atoms with Crippen molar-refractivity contribution in [3.8, 4) is 11.5 Å². The molecule has 0 saturated heterocycles. The predicted octanol–water partition coefficient (Wildman–Crippen LogP) is 4.33. The summed E-state index contributed by atoms with van der Waals surface area (Å²) in [6.45, 7) is 0. The summed E-state index contributed by atoms with van der Waals surface area (Å²) in [4.78, 5) is 24.1. The summed E-state index contributed by atoms with van der Waals surface area (Å²) in [6, 6.07) is 19.9. The molecule has 0 spiro atoms. The molecule has 0 aliphatic rings. The van der Waals surface area contributed by atoms with Crippen LogP contribution in [0.1, 0.15) is 26.3 Å². The summed E-state index contributed by atoms with van der Waals surface area (Å²) >= 11 is 5.88. The van der Waals surface area contributed by atoms with E-state index in [0.717, 1.165) is 5.56 Å². The number of benzene rings is 3. The summed E-state index contributed by atoms with van der Waals surface area (Å²) < 4.78 is 10.4. The highest BCUT2D eigenvalue weighted by atomic mass is 35.5. The third-order valence-electron chi connectivity index (χ3n) is 3.88. The molecule has 0 aliphatic heterocycles. The second-order valence-corrected chi connectivity index (χ2v) is 6.33. The second-order valence-electron chi connectivity index (χ2n) is 5.90. The first-order valence-electron chi connectivity index (χ1n) is 8.60. The number of amides is 1. The van der Waals surface area contributed by atoms with Gasteiger partial charge in [-0.15, -0.1) is 0 Å². The number of rotatable bonds is 6. The maximum Gasteiger partial charge on any atom is 0.343 e. The minimum Gasteiger partial charge on any atom is -0.497 e. The summed E-state index contributed by atoms with van der Waals surface area (Å²) in [5.74, 6) is 0.215. The lowest BCUT2D eigenvalue weighted by Gasteiger charge is -2.05. The summed E-state index contributed by atoms with van der Waals surface area (Å²) in [6.07, 6.45) is 1.49. The lowest BCUT2D eigenvalue weighted by atomic mass is 10.2. The lowest BCUT2D eigenvalue weighted by Crippen LogP contribution is -2.17. The summed E-state index contributed by atoms with van der Waals surface area (Å²) in [5, 5.41) is 4.39. The number of carbonyl (C=O) groups excluding carboxylic acids is 2. The number of nitrogens with zero attached hydrogens (tertiary/aromatic N) is 1. The Bertz CT molecular complexity index is 1030. The number of hydrogen-bond donors (Lipinski definition) is 1. The van der Waals surface area contributed by atoms with E-state index in [-0.39, 0.29) is 5.91 Å². The van der Waals surface area contributed by atoms with Gasteiger partial charge in [0.15, 0.2) is 0 Å². The van der Waals surface area contributed by atoms with Crippen molar-refractivity contribution < 1.29 is 19.1 Å². The molecule has 0 saturated carbocycles. The zero-order valence-corrected chi connectivity index (χ0v) is 16.2. The summed E-state index contributed by atoms with van der Waals surface area (Å²) in [5.41, 5.74) is 4.00. The zero-order valence-electron chi connectivity index (χ0n) is 15.5. The van der Waals surface area contributed by atoms with E-state index >= 15 is 0 Å². The van der Waals surface area contributed by atoms with Crippen molar-refractivity contribution in [2.75, 3.05) is 7.11 Å². The van der Waals surface area contributed by atoms with E-state index in [0.29, 0.717) is 27.6 Å². The molecule has 29 heavy (non-hydrogen) atoms. The van der Waals surface area contributed by atoms with Gasteiger partial charge in [0.1, 0.15) is 11.5 Å². The molecule has 3 aromatic rings. The van der Waals surface area contributed by atoms with Crippen LogP contribution in [0.4, 0.5) is 0 Å². The van der Waals surface area contributed by atoms with Gasteiger partial charge in [-0.3, -0.25) is 4.79 Å². The number of ether oxygens (including phenoxy) is 2. The van der Waals surface area contributed by atoms with E-state index in [9.17, 15) is 9.59 Å². The first-order chi connectivity index (χ1) is 14.0. The average Bonchev–Trinajstić information content (AvgIpc) is 2.75. The number of hydrogen-bond acceptors (Lipinski definition) is 5. The Morgan fingerprint density at radius 1 is 0.931 bits per heavy atom. The van der Waals surface area contributed by atoms with E-state index < -0.39 is 5.97 Å². The summed E-state index contributed by atoms with van der Waals surface area (Å²) in [7, 11) is 1.56. The number of methoxy groups -OCH3 is 1. The van der Waals surface area contributed by atoms with Crippen LogP contribution in [0.3, 0.4) is 0 Å². The Kier molecular flexibility index (Phi) is 6.60. The smallest absolute Gasteiger partial charge is 0.343 e. The number of carbonyl (C=O) groups is 2. The molecule has 0 aromatic heterocycles. The van der Waals surface area contributed by atoms with Crippen molar-refractivity contribution in [1.82, 2.24) is 5.43 Å². The number of nitrogens with one attached hydrogen (secondary N) is 1. The Morgan fingerprint density at radius 2 is 1.62 bits per heavy atom. The van der Waals surface area contributed by atoms with Gasteiger partial charge in [-0.25, -0.2) is 10.2 Å². The number of hydrazone groups is 1. The van der Waals surface area contributed by atoms with Gasteiger partial charge >= 0.3 is 5.97 Å². The molecule has 7 heteroatoms. The van der Waals surface area contributed by atoms with Gasteiger partial charge in [0, 0.05) is 10.6 Å². The van der Waals surface area contributed by atoms with Gasteiger partial charge in [0.05, 0.1) is 18.9 Å². The molecular formula is C22H17ClN2O4. The highest BCUT2D eigenvalue weighted by molar-refractivity contribution is 6.30. The monoisotopic (exact) mass is 408 g/mol. The fraction of sp³-hybridized carbons (Fsp3) is 0.0455. The molecule has 0 heterocycles. The van der Waals surface area contributed by atoms with Gasteiger partial charge in [-0.05, 0) is 72.3 Å². The normalized spacial score (nSPS) is 10.6. The van der Waals surface area contributed by atoms with Gasteiger partial charge in [0.2, 0.25) is 0 Å². The zero-order chi connectivity index (χ0) is 20.6. The molecule has 3 rings (SSSR count). The SMILES string of the molecule is COc1ccc(C(=O)NN=Cc2ccc(OC(=O)c3cccc(Cl)c3)cc2)cc1. The van der Waals surface area contributed by atoms with E-state index in [1.807, 2.05) is 0 Å². The predicted molar refractivity (Wildman–Crippen MR) is 111 cm³/mol. The van der Waals surface area contributed by atoms with Gasteiger partial charge < -0.3 is 9.47 Å². The largest absolute Gasteiger partial charge is 0.497 e. The molecule has 146 valence electrons. The molecule has 1 amide bonds. The Hall–Kier alpha value is -3.64. The quantitative estimate of drug-likeness (QED) is 0.285. The third-order valence-corrected chi connectivity index (χ3v) is 4.12. The number of halogens is 1. The van der Waals surface area contributed by atoms with Crippen molar-refractivity contribution in [3.05, 3.63) is 94.5 Å². The molecule has 1 N–H and O–H groups in total. The van der Waals surface area contributed by atoms with Crippen molar-refractivity contribution in [2.45, 2.75) is 0 Å². The van der Waals surface area contributed by atoms with E-state index in [4.69, 9.17) is 21.1 Å². The highest BCUT2D eigenvalue weighted by Crippen LogP contribution is 2.16. The van der Waals surface area contributed by atoms with Gasteiger partial charge in [-0.1, -0.05) is 17.7 Å². The fourth-order valence-corrected chi connectivity index (χ4v) is 2.57. The third kappa shape index (κ3) is 5.67. The van der Waals surface area contributed by atoms with Crippen molar-refractivity contribution >= 4 is 29.7 Å². The van der Waals surface area contributed by atoms with Crippen molar-refractivity contribution in [3.63, 3.8) is 0 Å². The average molecular weight is 409 g/mol. The molecule has 0 unspecified atom stereocenters. The van der Waals surface area contributed by atoms with Crippen LogP contribution in [0.5, 0.6) is 11.5 Å². The van der Waals surface area contributed by atoms with Crippen molar-refractivity contribution in [1.29, 1.82) is 0 Å². The van der Waals surface area contributed by atoms with Crippen LogP contribution in [0.2, 0.25) is 5.02 Å². The molecule has 0 bridgehead atoms. The lowest BCUT2D eigenvalue weighted by molar-refractivity contribution is 0.0734. The maximum absolute atomic E-state index is 12.1. The molecule has 0 radical (unpaired) electrons. The van der Waals surface area contributed by atoms with Crippen LogP contribution in [0, 0.1) is 0 Å². The Labute approximate surface area is 172 Å². The van der Waals surface area contributed by atoms with E-state index in [1.165, 1.54) is 12.3 Å². The van der Waals surface area contributed by atoms with Crippen LogP contribution >= 0.6 is 11.6 Å². The first kappa shape index (κ1) is 20.1. The fourth-order valence-electron chi connectivity index (χ4n) is 2.38. The standard InChI is InChI=1S/C22H17ClN2O4/c1-28-19-11-7-16(8-12-19)21(26)25-24-14-15-5-9-20(10-6-15)29-22(27)17-3-2-4-18(23)13-17/h2-14H,1H3,(H,25,26). The molecule has 0 aliphatic carbocycles. The Balaban J connectivity index is 1.55. The van der Waals surface area contributed by atoms with E-state index in [1.54, 1.807) is 73.8 Å². The van der Waals surface area contributed by atoms with Crippen molar-refractivity contribution in [2.24, 2.45) is 5.10 Å². The minimum absolute atomic E-state index is 0.337. The first-order valence-corrected chi connectivity index (χ1v) is 8.98. The van der Waals surface area contributed by atoms with Crippen LogP contribution in [0.25, 0.3) is 0 Å². The van der Waals surface area contributed by atoms with Gasteiger partial charge in [-0.2, -0.15) is 5.10 Å². The molecule has 6 nitrogen and oxygen atoms in total. The number of esters is 1. The second kappa shape index (κ2) is 9.52. The minimum atomic E-state index is -0.499. The molecular weight excluding hydrogens is 392 g/mol. The Morgan fingerprint density at radius 3 is 2.28 bits per heavy atom. The highest BCUT2D eigenvalue weighted by Gasteiger charge is 2.09. The van der Waals surface area contributed by atoms with E-state index in [2.05, 4.69) is 10.5 Å². The van der Waals surface area contributed by atoms with Gasteiger partial charge in [0.25, 0.3) is 5.91 Å². The molecule has 0 fully saturated rings. The van der Waals surface area contributed by atoms with Crippen LogP contribution < -0.4 is 14.9 Å². The van der Waals surface area contributed by atoms with Crippen LogP contribution in [-0.2, 0) is 0 Å². The molecule has 3 aromatic carbocycles. The maximum atomic E-state index is 12.1. The van der Waals surface area contributed by atoms with Crippen LogP contribution in [0.15, 0.2) is 77.9 Å². The van der Waals surface area contributed by atoms with Crippen LogP contribution in [-0.4, -0.2) is 25.2 Å². The molecule has 0 atom stereocenters.